The Morgan fingerprint density at radius 3 is 1.32 bits per heavy atom. The molecule has 0 saturated carbocycles. The number of unbranched alkanes of at least 4 members (excludes halogenated alkanes) is 24. The molecule has 0 N–H and O–H groups in total. The molecule has 1 fully saturated rings. The summed E-state index contributed by atoms with van der Waals surface area (Å²) in [5, 5.41) is 0. The van der Waals surface area contributed by atoms with Crippen molar-refractivity contribution in [2.24, 2.45) is 0 Å². The van der Waals surface area contributed by atoms with Crippen LogP contribution in [0.2, 0.25) is 0 Å². The zero-order chi connectivity index (χ0) is 36.0. The van der Waals surface area contributed by atoms with Crippen molar-refractivity contribution >= 4 is 19.5 Å². The van der Waals surface area contributed by atoms with E-state index in [9.17, 15) is 14.2 Å². The van der Waals surface area contributed by atoms with Crippen molar-refractivity contribution in [2.45, 2.75) is 206 Å². The highest BCUT2D eigenvalue weighted by molar-refractivity contribution is 7.54. The Kier molecular flexibility index (Phi) is 26.3. The third-order valence-corrected chi connectivity index (χ3v) is 11.6. The van der Waals surface area contributed by atoms with Crippen LogP contribution in [0.1, 0.15) is 194 Å². The Hall–Kier alpha value is -1.85. The molecule has 288 valence electrons. The van der Waals surface area contributed by atoms with Crippen LogP contribution in [0.5, 0.6) is 5.75 Å². The molecular weight excluding hydrogens is 647 g/mol. The number of esters is 2. The molecule has 1 saturated heterocycles. The van der Waals surface area contributed by atoms with E-state index in [1.165, 1.54) is 128 Å². The van der Waals surface area contributed by atoms with Crippen molar-refractivity contribution in [3.05, 3.63) is 30.3 Å². The minimum Gasteiger partial charge on any atom is -0.458 e. The predicted molar refractivity (Wildman–Crippen MR) is 206 cm³/mol. The lowest BCUT2D eigenvalue weighted by atomic mass is 10.0. The van der Waals surface area contributed by atoms with Gasteiger partial charge in [-0.05, 0) is 25.0 Å². The van der Waals surface area contributed by atoms with E-state index < -0.39 is 19.8 Å². The maximum absolute atomic E-state index is 13.5. The van der Waals surface area contributed by atoms with E-state index in [1.54, 1.807) is 24.3 Å². The second-order valence-corrected chi connectivity index (χ2v) is 16.6. The van der Waals surface area contributed by atoms with Gasteiger partial charge in [-0.1, -0.05) is 186 Å². The van der Waals surface area contributed by atoms with E-state index in [-0.39, 0.29) is 24.7 Å². The lowest BCUT2D eigenvalue weighted by molar-refractivity contribution is -0.171. The number of hydrogen-bond acceptors (Lipinski definition) is 7. The second kappa shape index (κ2) is 29.7. The lowest BCUT2D eigenvalue weighted by Gasteiger charge is -2.34. The fourth-order valence-corrected chi connectivity index (χ4v) is 8.44. The summed E-state index contributed by atoms with van der Waals surface area (Å²) in [7, 11) is -3.61. The number of ether oxygens (including phenoxy) is 2. The maximum Gasteiger partial charge on any atom is 0.383 e. The lowest BCUT2D eigenvalue weighted by Crippen LogP contribution is -2.44. The van der Waals surface area contributed by atoms with Crippen LogP contribution >= 0.6 is 7.60 Å². The molecule has 0 aromatic heterocycles. The quantitative estimate of drug-likeness (QED) is 0.0416. The summed E-state index contributed by atoms with van der Waals surface area (Å²) in [4.78, 5) is 25.7. The predicted octanol–water partition coefficient (Wildman–Crippen LogP) is 13.1. The SMILES string of the molecule is CCCCCCCCCCCCCCCC(=O)O[C@H]1CP(=O)(Oc2ccccc2)OC[C@H]1OC(=O)CCCCCCCCCCCCCCC. The van der Waals surface area contributed by atoms with Gasteiger partial charge in [0, 0.05) is 12.8 Å². The monoisotopic (exact) mass is 721 g/mol. The van der Waals surface area contributed by atoms with Crippen molar-refractivity contribution in [3.8, 4) is 5.75 Å². The molecule has 0 spiro atoms. The van der Waals surface area contributed by atoms with Gasteiger partial charge in [-0.15, -0.1) is 0 Å². The first-order valence-electron chi connectivity index (χ1n) is 20.8. The normalized spacial score (nSPS) is 18.9. The topological polar surface area (TPSA) is 88.1 Å². The third kappa shape index (κ3) is 22.9. The van der Waals surface area contributed by atoms with E-state index in [0.717, 1.165) is 38.5 Å². The zero-order valence-electron chi connectivity index (χ0n) is 32.1. The molecule has 50 heavy (non-hydrogen) atoms. The maximum atomic E-state index is 13.5. The molecule has 0 bridgehead atoms. The van der Waals surface area contributed by atoms with Gasteiger partial charge in [0.2, 0.25) is 0 Å². The van der Waals surface area contributed by atoms with E-state index in [2.05, 4.69) is 13.8 Å². The van der Waals surface area contributed by atoms with Gasteiger partial charge < -0.3 is 14.0 Å². The van der Waals surface area contributed by atoms with Gasteiger partial charge in [-0.25, -0.2) is 4.57 Å². The minimum atomic E-state index is -3.61. The summed E-state index contributed by atoms with van der Waals surface area (Å²) in [5.41, 5.74) is 0. The van der Waals surface area contributed by atoms with Crippen molar-refractivity contribution < 1.29 is 32.7 Å². The van der Waals surface area contributed by atoms with Crippen molar-refractivity contribution in [1.82, 2.24) is 0 Å². The Labute approximate surface area is 306 Å². The first-order valence-corrected chi connectivity index (χ1v) is 22.6. The summed E-state index contributed by atoms with van der Waals surface area (Å²) in [5.74, 6) is -0.269. The molecule has 8 heteroatoms. The van der Waals surface area contributed by atoms with Crippen LogP contribution in [0, 0.1) is 0 Å². The van der Waals surface area contributed by atoms with Gasteiger partial charge in [0.05, 0.1) is 6.61 Å². The Bertz CT molecular complexity index is 1020. The van der Waals surface area contributed by atoms with Crippen LogP contribution in [-0.2, 0) is 28.2 Å². The van der Waals surface area contributed by atoms with Crippen LogP contribution in [0.15, 0.2) is 30.3 Å². The first kappa shape index (κ1) is 44.3. The van der Waals surface area contributed by atoms with Crippen LogP contribution in [0.25, 0.3) is 0 Å². The van der Waals surface area contributed by atoms with Gasteiger partial charge in [-0.2, -0.15) is 0 Å². The second-order valence-electron chi connectivity index (χ2n) is 14.5. The highest BCUT2D eigenvalue weighted by Crippen LogP contribution is 2.52. The van der Waals surface area contributed by atoms with Crippen LogP contribution in [0.3, 0.4) is 0 Å². The van der Waals surface area contributed by atoms with E-state index >= 15 is 0 Å². The Balaban J connectivity index is 1.67. The van der Waals surface area contributed by atoms with Gasteiger partial charge in [0.1, 0.15) is 11.9 Å². The third-order valence-electron chi connectivity index (χ3n) is 9.78. The van der Waals surface area contributed by atoms with Crippen molar-refractivity contribution in [3.63, 3.8) is 0 Å². The van der Waals surface area contributed by atoms with Gasteiger partial charge in [0.15, 0.2) is 12.2 Å². The largest absolute Gasteiger partial charge is 0.458 e. The van der Waals surface area contributed by atoms with Crippen molar-refractivity contribution in [1.29, 1.82) is 0 Å². The van der Waals surface area contributed by atoms with Crippen molar-refractivity contribution in [2.75, 3.05) is 12.8 Å². The summed E-state index contributed by atoms with van der Waals surface area (Å²) >= 11 is 0. The van der Waals surface area contributed by atoms with Gasteiger partial charge in [0.25, 0.3) is 0 Å². The molecule has 0 amide bonds. The molecule has 3 atom stereocenters. The molecule has 1 unspecified atom stereocenters. The molecule has 0 aliphatic carbocycles. The Morgan fingerprint density at radius 2 is 0.920 bits per heavy atom. The van der Waals surface area contributed by atoms with Crippen LogP contribution < -0.4 is 4.52 Å². The number of carbonyl (C=O) groups is 2. The summed E-state index contributed by atoms with van der Waals surface area (Å²) in [6, 6.07) is 8.85. The summed E-state index contributed by atoms with van der Waals surface area (Å²) < 4.78 is 36.5. The molecular formula is C42H73O7P. The van der Waals surface area contributed by atoms with E-state index in [1.807, 2.05) is 6.07 Å². The Morgan fingerprint density at radius 1 is 0.560 bits per heavy atom. The number of benzene rings is 1. The summed E-state index contributed by atoms with van der Waals surface area (Å²) in [6.45, 7) is 4.38. The van der Waals surface area contributed by atoms with Gasteiger partial charge >= 0.3 is 19.5 Å². The number of para-hydroxylation sites is 1. The van der Waals surface area contributed by atoms with Crippen LogP contribution in [0.4, 0.5) is 0 Å². The molecule has 7 nitrogen and oxygen atoms in total. The number of carbonyl (C=O) groups excluding carboxylic acids is 2. The minimum absolute atomic E-state index is 0.134. The molecule has 1 aliphatic rings. The number of hydrogen-bond donors (Lipinski definition) is 0. The standard InChI is InChI=1S/C42H73O7P/c1-3-5-7-9-11-13-15-17-19-21-23-25-30-34-41(43)47-39-36-46-50(45,49-38-32-28-27-29-33-38)37-40(39)48-42(44)35-31-26-24-22-20-18-16-14-12-10-8-6-4-2/h27-29,32-33,39-40H,3-26,30-31,34-37H2,1-2H3/t39-,40+,50?/m1/s1. The fourth-order valence-electron chi connectivity index (χ4n) is 6.64. The molecule has 2 rings (SSSR count). The number of rotatable bonds is 32. The highest BCUT2D eigenvalue weighted by Gasteiger charge is 2.44. The molecule has 0 radical (unpaired) electrons. The zero-order valence-corrected chi connectivity index (χ0v) is 33.0. The van der Waals surface area contributed by atoms with E-state index in [4.69, 9.17) is 18.5 Å². The van der Waals surface area contributed by atoms with E-state index in [0.29, 0.717) is 18.6 Å². The summed E-state index contributed by atoms with van der Waals surface area (Å²) in [6.07, 6.45) is 30.9. The average Bonchev–Trinajstić information content (AvgIpc) is 3.10. The smallest absolute Gasteiger partial charge is 0.383 e. The van der Waals surface area contributed by atoms with Gasteiger partial charge in [-0.3, -0.25) is 14.1 Å². The average molecular weight is 721 g/mol. The first-order chi connectivity index (χ1) is 24.5. The molecule has 1 heterocycles. The van der Waals surface area contributed by atoms with Crippen LogP contribution in [-0.4, -0.2) is 36.9 Å². The molecule has 1 aromatic rings. The molecule has 1 aliphatic heterocycles. The molecule has 1 aromatic carbocycles. The highest BCUT2D eigenvalue weighted by atomic mass is 31.2. The fraction of sp³-hybridized carbons (Fsp3) is 0.810.